The molecular weight excluding hydrogens is 224 g/mol. The quantitative estimate of drug-likeness (QED) is 0.754. The standard InChI is InChI=1S/C15H26N2O/c1-4-8-16-10-15-9-13(12(2)18-15)11-17(3)14-6-5-7-14/h9,14,16H,4-8,10-11H2,1-3H3. The molecular formula is C15H26N2O. The molecule has 1 saturated carbocycles. The average molecular weight is 250 g/mol. The monoisotopic (exact) mass is 250 g/mol. The number of rotatable bonds is 7. The molecule has 1 aromatic heterocycles. The summed E-state index contributed by atoms with van der Waals surface area (Å²) in [4.78, 5) is 2.46. The summed E-state index contributed by atoms with van der Waals surface area (Å²) in [5, 5.41) is 3.38. The summed E-state index contributed by atoms with van der Waals surface area (Å²) in [5.41, 5.74) is 1.35. The van der Waals surface area contributed by atoms with Crippen molar-refractivity contribution < 1.29 is 4.42 Å². The summed E-state index contributed by atoms with van der Waals surface area (Å²) in [5.74, 6) is 2.15. The summed E-state index contributed by atoms with van der Waals surface area (Å²) in [6.07, 6.45) is 5.28. The SMILES string of the molecule is CCCNCc1cc(CN(C)C2CCC2)c(C)o1. The predicted octanol–water partition coefficient (Wildman–Crippen LogP) is 3.07. The van der Waals surface area contributed by atoms with Crippen LogP contribution in [-0.2, 0) is 13.1 Å². The topological polar surface area (TPSA) is 28.4 Å². The lowest BCUT2D eigenvalue weighted by Crippen LogP contribution is -2.36. The lowest BCUT2D eigenvalue weighted by molar-refractivity contribution is 0.152. The molecule has 0 aromatic carbocycles. The number of furan rings is 1. The van der Waals surface area contributed by atoms with Gasteiger partial charge in [0.25, 0.3) is 0 Å². The summed E-state index contributed by atoms with van der Waals surface area (Å²) in [7, 11) is 2.23. The van der Waals surface area contributed by atoms with Gasteiger partial charge in [0, 0.05) is 18.2 Å². The normalized spacial score (nSPS) is 16.2. The van der Waals surface area contributed by atoms with Crippen molar-refractivity contribution in [2.75, 3.05) is 13.6 Å². The zero-order valence-electron chi connectivity index (χ0n) is 12.0. The molecule has 2 rings (SSSR count). The van der Waals surface area contributed by atoms with Crippen LogP contribution in [0.2, 0.25) is 0 Å². The van der Waals surface area contributed by atoms with Gasteiger partial charge in [-0.2, -0.15) is 0 Å². The highest BCUT2D eigenvalue weighted by atomic mass is 16.3. The van der Waals surface area contributed by atoms with Gasteiger partial charge in [0.15, 0.2) is 0 Å². The molecule has 0 atom stereocenters. The molecule has 0 saturated heterocycles. The van der Waals surface area contributed by atoms with E-state index in [1.165, 1.54) is 24.8 Å². The molecule has 0 bridgehead atoms. The minimum atomic E-state index is 0.793. The molecule has 1 N–H and O–H groups in total. The van der Waals surface area contributed by atoms with Gasteiger partial charge in [-0.3, -0.25) is 4.90 Å². The van der Waals surface area contributed by atoms with Crippen LogP contribution in [-0.4, -0.2) is 24.5 Å². The van der Waals surface area contributed by atoms with Crippen LogP contribution in [0.15, 0.2) is 10.5 Å². The molecule has 0 spiro atoms. The predicted molar refractivity (Wildman–Crippen MR) is 74.5 cm³/mol. The first-order valence-corrected chi connectivity index (χ1v) is 7.20. The van der Waals surface area contributed by atoms with Gasteiger partial charge in [0.1, 0.15) is 11.5 Å². The second-order valence-electron chi connectivity index (χ2n) is 5.47. The highest BCUT2D eigenvalue weighted by molar-refractivity contribution is 5.20. The molecule has 1 aromatic rings. The van der Waals surface area contributed by atoms with Gasteiger partial charge in [-0.05, 0) is 45.8 Å². The molecule has 1 aliphatic carbocycles. The van der Waals surface area contributed by atoms with E-state index in [0.717, 1.165) is 43.6 Å². The van der Waals surface area contributed by atoms with E-state index in [2.05, 4.69) is 37.2 Å². The Morgan fingerprint density at radius 2 is 2.22 bits per heavy atom. The van der Waals surface area contributed by atoms with E-state index in [1.54, 1.807) is 0 Å². The minimum absolute atomic E-state index is 0.793. The maximum Gasteiger partial charge on any atom is 0.118 e. The Bertz CT molecular complexity index is 369. The third-order valence-corrected chi connectivity index (χ3v) is 3.92. The Labute approximate surface area is 111 Å². The summed E-state index contributed by atoms with van der Waals surface area (Å²) in [6.45, 7) is 7.18. The maximum atomic E-state index is 5.80. The fourth-order valence-electron chi connectivity index (χ4n) is 2.45. The van der Waals surface area contributed by atoms with Crippen LogP contribution < -0.4 is 5.32 Å². The van der Waals surface area contributed by atoms with Crippen molar-refractivity contribution in [3.8, 4) is 0 Å². The van der Waals surface area contributed by atoms with Gasteiger partial charge in [0.2, 0.25) is 0 Å². The molecule has 0 amide bonds. The van der Waals surface area contributed by atoms with Crippen molar-refractivity contribution in [2.45, 2.75) is 58.7 Å². The summed E-state index contributed by atoms with van der Waals surface area (Å²) < 4.78 is 5.80. The Balaban J connectivity index is 1.87. The van der Waals surface area contributed by atoms with Crippen molar-refractivity contribution in [3.05, 3.63) is 23.2 Å². The lowest BCUT2D eigenvalue weighted by Gasteiger charge is -2.34. The Morgan fingerprint density at radius 1 is 1.44 bits per heavy atom. The molecule has 0 radical (unpaired) electrons. The molecule has 1 fully saturated rings. The lowest BCUT2D eigenvalue weighted by atomic mass is 9.91. The van der Waals surface area contributed by atoms with E-state index in [4.69, 9.17) is 4.42 Å². The Morgan fingerprint density at radius 3 is 2.83 bits per heavy atom. The van der Waals surface area contributed by atoms with E-state index in [0.29, 0.717) is 0 Å². The van der Waals surface area contributed by atoms with E-state index >= 15 is 0 Å². The van der Waals surface area contributed by atoms with Gasteiger partial charge in [-0.25, -0.2) is 0 Å². The van der Waals surface area contributed by atoms with Crippen LogP contribution in [0.4, 0.5) is 0 Å². The molecule has 0 unspecified atom stereocenters. The van der Waals surface area contributed by atoms with Gasteiger partial charge < -0.3 is 9.73 Å². The molecule has 18 heavy (non-hydrogen) atoms. The number of aryl methyl sites for hydroxylation is 1. The van der Waals surface area contributed by atoms with Crippen LogP contribution in [0.3, 0.4) is 0 Å². The van der Waals surface area contributed by atoms with Crippen LogP contribution in [0.1, 0.15) is 49.7 Å². The first-order valence-electron chi connectivity index (χ1n) is 7.20. The van der Waals surface area contributed by atoms with Crippen molar-refractivity contribution in [2.24, 2.45) is 0 Å². The zero-order valence-corrected chi connectivity index (χ0v) is 12.0. The van der Waals surface area contributed by atoms with Gasteiger partial charge in [-0.15, -0.1) is 0 Å². The Kier molecular flexibility index (Phi) is 4.84. The smallest absolute Gasteiger partial charge is 0.118 e. The van der Waals surface area contributed by atoms with Crippen molar-refractivity contribution in [1.29, 1.82) is 0 Å². The number of nitrogens with zero attached hydrogens (tertiary/aromatic N) is 1. The highest BCUT2D eigenvalue weighted by Crippen LogP contribution is 2.26. The second-order valence-corrected chi connectivity index (χ2v) is 5.47. The summed E-state index contributed by atoms with van der Waals surface area (Å²) >= 11 is 0. The van der Waals surface area contributed by atoms with E-state index in [1.807, 2.05) is 0 Å². The van der Waals surface area contributed by atoms with Crippen LogP contribution >= 0.6 is 0 Å². The van der Waals surface area contributed by atoms with Crippen molar-refractivity contribution in [3.63, 3.8) is 0 Å². The maximum absolute atomic E-state index is 5.80. The van der Waals surface area contributed by atoms with Crippen LogP contribution in [0.5, 0.6) is 0 Å². The fourth-order valence-corrected chi connectivity index (χ4v) is 2.45. The third kappa shape index (κ3) is 3.36. The Hall–Kier alpha value is -0.800. The van der Waals surface area contributed by atoms with Crippen molar-refractivity contribution in [1.82, 2.24) is 10.2 Å². The van der Waals surface area contributed by atoms with Crippen LogP contribution in [0, 0.1) is 6.92 Å². The fraction of sp³-hybridized carbons (Fsp3) is 0.733. The second kappa shape index (κ2) is 6.39. The van der Waals surface area contributed by atoms with E-state index < -0.39 is 0 Å². The highest BCUT2D eigenvalue weighted by Gasteiger charge is 2.22. The van der Waals surface area contributed by atoms with Crippen LogP contribution in [0.25, 0.3) is 0 Å². The first kappa shape index (κ1) is 13.6. The van der Waals surface area contributed by atoms with Gasteiger partial charge in [0.05, 0.1) is 6.54 Å². The average Bonchev–Trinajstić information content (AvgIpc) is 2.57. The third-order valence-electron chi connectivity index (χ3n) is 3.92. The number of hydrogen-bond acceptors (Lipinski definition) is 3. The largest absolute Gasteiger partial charge is 0.465 e. The van der Waals surface area contributed by atoms with E-state index in [9.17, 15) is 0 Å². The van der Waals surface area contributed by atoms with Crippen molar-refractivity contribution >= 4 is 0 Å². The number of nitrogens with one attached hydrogen (secondary N) is 1. The molecule has 3 nitrogen and oxygen atoms in total. The van der Waals surface area contributed by atoms with Gasteiger partial charge in [-0.1, -0.05) is 13.3 Å². The first-order chi connectivity index (χ1) is 8.70. The molecule has 1 aliphatic rings. The molecule has 1 heterocycles. The summed E-state index contributed by atoms with van der Waals surface area (Å²) in [6, 6.07) is 3.01. The molecule has 102 valence electrons. The number of hydrogen-bond donors (Lipinski definition) is 1. The van der Waals surface area contributed by atoms with Gasteiger partial charge >= 0.3 is 0 Å². The van der Waals surface area contributed by atoms with E-state index in [-0.39, 0.29) is 0 Å². The minimum Gasteiger partial charge on any atom is -0.465 e. The molecule has 0 aliphatic heterocycles. The zero-order chi connectivity index (χ0) is 13.0. The molecule has 3 heteroatoms.